The van der Waals surface area contributed by atoms with Gasteiger partial charge < -0.3 is 6.92 Å². The summed E-state index contributed by atoms with van der Waals surface area (Å²) in [6, 6.07) is 0. The summed E-state index contributed by atoms with van der Waals surface area (Å²) in [4.78, 5) is 0. The van der Waals surface area contributed by atoms with Gasteiger partial charge in [-0.3, -0.25) is 9.11 Å². The summed E-state index contributed by atoms with van der Waals surface area (Å²) in [5.74, 6) is 0. The Bertz CT molecular complexity index is 260. The molecule has 0 unspecified atom stereocenters. The van der Waals surface area contributed by atoms with Gasteiger partial charge in [0.15, 0.2) is 0 Å². The Morgan fingerprint density at radius 2 is 0.909 bits per heavy atom. The van der Waals surface area contributed by atoms with Crippen LogP contribution in [0.4, 0.5) is 0 Å². The van der Waals surface area contributed by atoms with E-state index in [9.17, 15) is 0 Å². The molecule has 0 saturated heterocycles. The average Bonchev–Trinajstić information content (AvgIpc) is 2.38. The molecule has 0 aromatic rings. The summed E-state index contributed by atoms with van der Waals surface area (Å²) in [5.41, 5.74) is 0. The molecule has 130 valence electrons. The zero-order valence-electron chi connectivity index (χ0n) is 14.7. The smallest absolute Gasteiger partial charge is 0.343 e. The van der Waals surface area contributed by atoms with Crippen LogP contribution in [0.3, 0.4) is 0 Å². The van der Waals surface area contributed by atoms with E-state index in [2.05, 4.69) is 13.8 Å². The molecule has 0 bridgehead atoms. The maximum atomic E-state index is 8.74. The molecule has 0 aliphatic heterocycles. The topological polar surface area (TPSA) is 74.6 Å². The van der Waals surface area contributed by atoms with Gasteiger partial charge in [0.2, 0.25) is 0 Å². The van der Waals surface area contributed by atoms with E-state index >= 15 is 0 Å². The van der Waals surface area contributed by atoms with Crippen LogP contribution in [0.5, 0.6) is 0 Å². The molecule has 0 heterocycles. The summed E-state index contributed by atoms with van der Waals surface area (Å²) in [6.45, 7) is 6.16. The Morgan fingerprint density at radius 1 is 0.682 bits per heavy atom. The maximum absolute atomic E-state index is 8.74. The summed E-state index contributed by atoms with van der Waals surface area (Å²) >= 11 is 0. The second kappa shape index (κ2) is 22.5. The van der Waals surface area contributed by atoms with Gasteiger partial charge in [-0.15, -0.1) is 0 Å². The van der Waals surface area contributed by atoms with Gasteiger partial charge in [-0.25, -0.2) is 0 Å². The van der Waals surface area contributed by atoms with Crippen LogP contribution in [0.2, 0.25) is 0 Å². The number of hydrogen-bond acceptors (Lipinski definition) is 2. The van der Waals surface area contributed by atoms with Crippen LogP contribution in [-0.2, 0) is 10.4 Å². The third-order valence-corrected chi connectivity index (χ3v) is 3.35. The molecule has 0 atom stereocenters. The van der Waals surface area contributed by atoms with E-state index in [1.165, 1.54) is 83.5 Å². The van der Waals surface area contributed by atoms with Gasteiger partial charge in [0.1, 0.15) is 0 Å². The molecule has 0 amide bonds. The molecule has 0 aliphatic rings. The molecule has 0 aromatic carbocycles. The second-order valence-corrected chi connectivity index (χ2v) is 6.44. The third kappa shape index (κ3) is 43.0. The molecule has 4 nitrogen and oxygen atoms in total. The van der Waals surface area contributed by atoms with Crippen LogP contribution in [0, 0.1) is 6.92 Å². The first kappa shape index (κ1) is 28.3. The molecule has 0 radical (unpaired) electrons. The number of rotatable bonds is 13. The van der Waals surface area contributed by atoms with Gasteiger partial charge in [0, 0.05) is 0 Å². The molecule has 6 heteroatoms. The van der Waals surface area contributed by atoms with E-state index in [0.717, 1.165) is 6.42 Å². The van der Waals surface area contributed by atoms with Crippen LogP contribution in [0.1, 0.15) is 96.8 Å². The van der Waals surface area contributed by atoms with Crippen LogP contribution >= 0.6 is 0 Å². The van der Waals surface area contributed by atoms with E-state index in [0.29, 0.717) is 0 Å². The van der Waals surface area contributed by atoms with Crippen molar-refractivity contribution in [2.45, 2.75) is 96.8 Å². The molecule has 0 rings (SSSR count). The van der Waals surface area contributed by atoms with Crippen LogP contribution in [0.25, 0.3) is 0 Å². The van der Waals surface area contributed by atoms with Gasteiger partial charge in [-0.05, 0) is 0 Å². The Morgan fingerprint density at radius 3 is 1.14 bits per heavy atom. The van der Waals surface area contributed by atoms with E-state index in [-0.39, 0.29) is 51.4 Å². The van der Waals surface area contributed by atoms with Crippen molar-refractivity contribution >= 4 is 10.4 Å². The summed E-state index contributed by atoms with van der Waals surface area (Å²) in [7, 11) is -4.67. The minimum Gasteiger partial charge on any atom is -0.343 e. The van der Waals surface area contributed by atoms with E-state index < -0.39 is 10.4 Å². The average molecular weight is 363 g/mol. The zero-order chi connectivity index (χ0) is 16.4. The molecule has 0 aromatic heterocycles. The van der Waals surface area contributed by atoms with Gasteiger partial charge in [0.25, 0.3) is 0 Å². The summed E-state index contributed by atoms with van der Waals surface area (Å²) < 4.78 is 31.6. The molecular weight excluding hydrogens is 327 g/mol. The van der Waals surface area contributed by atoms with Crippen molar-refractivity contribution in [3.8, 4) is 0 Å². The molecule has 0 fully saturated rings. The van der Waals surface area contributed by atoms with E-state index in [1.807, 2.05) is 0 Å². The molecule has 22 heavy (non-hydrogen) atoms. The van der Waals surface area contributed by atoms with Crippen LogP contribution < -0.4 is 51.4 Å². The predicted molar refractivity (Wildman–Crippen MR) is 89.8 cm³/mol. The van der Waals surface area contributed by atoms with Crippen LogP contribution in [-0.4, -0.2) is 17.5 Å². The fourth-order valence-corrected chi connectivity index (χ4v) is 2.19. The minimum absolute atomic E-state index is 0. The molecule has 0 aliphatic carbocycles. The van der Waals surface area contributed by atoms with Gasteiger partial charge >= 0.3 is 61.8 Å². The van der Waals surface area contributed by atoms with Gasteiger partial charge in [-0.2, -0.15) is 14.8 Å². The van der Waals surface area contributed by atoms with Crippen molar-refractivity contribution in [3.05, 3.63) is 6.92 Å². The molecule has 0 saturated carbocycles. The first-order valence-electron chi connectivity index (χ1n) is 8.41. The summed E-state index contributed by atoms with van der Waals surface area (Å²) in [6.07, 6.45) is 19.8. The summed E-state index contributed by atoms with van der Waals surface area (Å²) in [5, 5.41) is 0. The monoisotopic (exact) mass is 362 g/mol. The standard InChI is InChI=1S/C16H33.K.H2O4S/c1-3-5-7-9-11-13-15-16-14-12-10-8-6-4-2;;1-5(2,3)4/h1,3-16H2,2H3;;(H2,1,2,3,4)/q-1;+1;. The third-order valence-electron chi connectivity index (χ3n) is 3.35. The van der Waals surface area contributed by atoms with Crippen LogP contribution in [0.15, 0.2) is 0 Å². The minimum atomic E-state index is -4.67. The van der Waals surface area contributed by atoms with Crippen molar-refractivity contribution in [3.63, 3.8) is 0 Å². The van der Waals surface area contributed by atoms with Crippen molar-refractivity contribution in [2.24, 2.45) is 0 Å². The fraction of sp³-hybridized carbons (Fsp3) is 0.938. The number of hydrogen-bond donors (Lipinski definition) is 2. The van der Waals surface area contributed by atoms with E-state index in [4.69, 9.17) is 17.5 Å². The normalized spacial score (nSPS) is 10.5. The van der Waals surface area contributed by atoms with Crippen molar-refractivity contribution in [1.29, 1.82) is 0 Å². The Labute approximate surface area is 181 Å². The van der Waals surface area contributed by atoms with Gasteiger partial charge in [0.05, 0.1) is 0 Å². The quantitative estimate of drug-likeness (QED) is 0.229. The Balaban J connectivity index is -0.000000520. The molecule has 2 N–H and O–H groups in total. The number of unbranched alkanes of at least 4 members (excludes halogenated alkanes) is 13. The zero-order valence-corrected chi connectivity index (χ0v) is 18.7. The van der Waals surface area contributed by atoms with Crippen molar-refractivity contribution in [2.75, 3.05) is 0 Å². The SMILES string of the molecule is O=S(=O)(O)O.[CH2-]CCCCCCCCCCCCCCC.[K+]. The van der Waals surface area contributed by atoms with Gasteiger partial charge in [-0.1, -0.05) is 90.4 Å². The Kier molecular flexibility index (Phi) is 29.0. The Hall–Kier alpha value is 1.51. The molecular formula is C16H35KO4S. The van der Waals surface area contributed by atoms with E-state index in [1.54, 1.807) is 0 Å². The maximum Gasteiger partial charge on any atom is 1.00 e. The second-order valence-electron chi connectivity index (χ2n) is 5.54. The first-order valence-corrected chi connectivity index (χ1v) is 9.80. The fourth-order valence-electron chi connectivity index (χ4n) is 2.19. The molecule has 0 spiro atoms. The van der Waals surface area contributed by atoms with Crippen molar-refractivity contribution < 1.29 is 68.9 Å². The predicted octanol–water partition coefficient (Wildman–Crippen LogP) is 2.65. The first-order chi connectivity index (χ1) is 9.91. The van der Waals surface area contributed by atoms with Crippen molar-refractivity contribution in [1.82, 2.24) is 0 Å². The largest absolute Gasteiger partial charge is 1.00 e.